The van der Waals surface area contributed by atoms with Gasteiger partial charge in [-0.15, -0.1) is 0 Å². The molecule has 2 N–H and O–H groups in total. The van der Waals surface area contributed by atoms with E-state index in [9.17, 15) is 28.6 Å². The van der Waals surface area contributed by atoms with Gasteiger partial charge >= 0.3 is 12.8 Å². The Morgan fingerprint density at radius 2 is 1.59 bits per heavy atom. The average molecular weight is 577 g/mol. The number of carbonyl (C=O) groups excluding carboxylic acids is 4. The van der Waals surface area contributed by atoms with Crippen molar-refractivity contribution in [3.63, 3.8) is 0 Å². The zero-order valence-corrected chi connectivity index (χ0v) is 23.2. The summed E-state index contributed by atoms with van der Waals surface area (Å²) in [6, 6.07) is 14.0. The number of hydrogen-bond acceptors (Lipinski definition) is 11. The highest BCUT2D eigenvalue weighted by molar-refractivity contribution is 8.54. The molecule has 12 nitrogen and oxygen atoms in total. The zero-order chi connectivity index (χ0) is 28.4. The van der Waals surface area contributed by atoms with Crippen LogP contribution in [0.25, 0.3) is 0 Å². The van der Waals surface area contributed by atoms with Crippen LogP contribution in [0.3, 0.4) is 0 Å². The van der Waals surface area contributed by atoms with Crippen LogP contribution in [-0.4, -0.2) is 67.4 Å². The fourth-order valence-electron chi connectivity index (χ4n) is 3.33. The molecule has 1 fully saturated rings. The molecular formula is C25H29N4O8PS. The lowest BCUT2D eigenvalue weighted by Gasteiger charge is -2.12. The first kappa shape index (κ1) is 30.2. The van der Waals surface area contributed by atoms with Crippen molar-refractivity contribution in [2.24, 2.45) is 10.2 Å². The van der Waals surface area contributed by atoms with Crippen molar-refractivity contribution in [2.75, 3.05) is 37.9 Å². The van der Waals surface area contributed by atoms with Gasteiger partial charge in [-0.1, -0.05) is 0 Å². The van der Waals surface area contributed by atoms with Crippen LogP contribution in [0.5, 0.6) is 0 Å². The Kier molecular flexibility index (Phi) is 10.9. The lowest BCUT2D eigenvalue weighted by Crippen LogP contribution is -2.28. The van der Waals surface area contributed by atoms with Crippen LogP contribution in [0, 0.1) is 0 Å². The number of azo groups is 1. The highest BCUT2D eigenvalue weighted by Gasteiger charge is 2.36. The second-order valence-corrected chi connectivity index (χ2v) is 12.6. The molecule has 2 aromatic carbocycles. The number of nitrogens with zero attached hydrogens (tertiary/aromatic N) is 3. The molecule has 0 bridgehead atoms. The average Bonchev–Trinajstić information content (AvgIpc) is 3.22. The molecule has 2 aromatic rings. The van der Waals surface area contributed by atoms with Crippen LogP contribution in [0.1, 0.15) is 29.6 Å². The lowest BCUT2D eigenvalue weighted by atomic mass is 10.2. The number of esters is 1. The largest absolute Gasteiger partial charge is 0.446 e. The fraction of sp³-hybridized carbons (Fsp3) is 0.360. The molecule has 0 aliphatic heterocycles. The summed E-state index contributed by atoms with van der Waals surface area (Å²) >= 11 is 0.512. The standard InChI is InChI=1S/C25H29N4O8PS/c1-29(2)20-9-7-19(8-10-20)28-27-18-5-3-17(4-6-18)25(33)26-14-15-36-38(34,35)39-16-13-23(32)37-24-21(30)11-12-22(24)31/h3-10,24H,11-16H2,1-2H3,(H,26,33)(H,34,35). The highest BCUT2D eigenvalue weighted by atomic mass is 32.7. The second kappa shape index (κ2) is 14.1. The third-order valence-corrected chi connectivity index (χ3v) is 8.50. The molecule has 1 saturated carbocycles. The smallest absolute Gasteiger partial charge is 0.386 e. The maximum atomic E-state index is 12.3. The first-order chi connectivity index (χ1) is 18.5. The van der Waals surface area contributed by atoms with Gasteiger partial charge < -0.3 is 19.8 Å². The summed E-state index contributed by atoms with van der Waals surface area (Å²) in [5, 5.41) is 10.9. The minimum absolute atomic E-state index is 0.0255. The molecule has 39 heavy (non-hydrogen) atoms. The van der Waals surface area contributed by atoms with Gasteiger partial charge in [-0.3, -0.25) is 23.7 Å². The topological polar surface area (TPSA) is 164 Å². The van der Waals surface area contributed by atoms with Crippen molar-refractivity contribution in [3.05, 3.63) is 54.1 Å². The first-order valence-electron chi connectivity index (χ1n) is 12.0. The van der Waals surface area contributed by atoms with Crippen molar-refractivity contribution in [1.29, 1.82) is 0 Å². The van der Waals surface area contributed by atoms with Gasteiger partial charge in [-0.2, -0.15) is 10.2 Å². The third-order valence-electron chi connectivity index (χ3n) is 5.43. The minimum Gasteiger partial charge on any atom is -0.446 e. The molecule has 1 amide bonds. The summed E-state index contributed by atoms with van der Waals surface area (Å²) in [7, 11) is 3.90. The van der Waals surface area contributed by atoms with Crippen molar-refractivity contribution in [3.8, 4) is 0 Å². The molecule has 14 heteroatoms. The Morgan fingerprint density at radius 1 is 1.03 bits per heavy atom. The SMILES string of the molecule is CN(C)c1ccc(N=Nc2ccc(C(=O)NCCOP(=O)(O)SCCC(=O)OC3C(=O)CCC3=O)cc2)cc1. The van der Waals surface area contributed by atoms with Gasteiger partial charge in [0.2, 0.25) is 6.10 Å². The molecule has 1 aliphatic carbocycles. The molecule has 3 rings (SSSR count). The van der Waals surface area contributed by atoms with E-state index >= 15 is 0 Å². The van der Waals surface area contributed by atoms with Crippen molar-refractivity contribution in [1.82, 2.24) is 5.32 Å². The summed E-state index contributed by atoms with van der Waals surface area (Å²) in [6.07, 6.45) is -1.54. The van der Waals surface area contributed by atoms with E-state index in [4.69, 9.17) is 9.26 Å². The second-order valence-electron chi connectivity index (χ2n) is 8.60. The molecule has 0 aromatic heterocycles. The van der Waals surface area contributed by atoms with Crippen LogP contribution < -0.4 is 10.2 Å². The van der Waals surface area contributed by atoms with Crippen LogP contribution in [0.4, 0.5) is 17.1 Å². The summed E-state index contributed by atoms with van der Waals surface area (Å²) in [6.45, 7) is -4.35. The van der Waals surface area contributed by atoms with E-state index in [0.717, 1.165) is 5.69 Å². The highest BCUT2D eigenvalue weighted by Crippen LogP contribution is 2.55. The third kappa shape index (κ3) is 9.70. The summed E-state index contributed by atoms with van der Waals surface area (Å²) in [5.74, 6) is -2.21. The number of benzene rings is 2. The number of carbonyl (C=O) groups is 4. The Labute approximate surface area is 229 Å². The van der Waals surface area contributed by atoms with Gasteiger partial charge in [-0.25, -0.2) is 4.57 Å². The number of hydrogen-bond donors (Lipinski definition) is 2. The van der Waals surface area contributed by atoms with Crippen LogP contribution in [-0.2, 0) is 28.2 Å². The molecule has 1 aliphatic rings. The number of nitrogens with one attached hydrogen (secondary N) is 1. The van der Waals surface area contributed by atoms with Crippen molar-refractivity contribution in [2.45, 2.75) is 25.4 Å². The molecule has 1 unspecified atom stereocenters. The predicted molar refractivity (Wildman–Crippen MR) is 146 cm³/mol. The van der Waals surface area contributed by atoms with Gasteiger partial charge in [0, 0.05) is 50.5 Å². The molecule has 1 atom stereocenters. The normalized spacial score (nSPS) is 15.4. The van der Waals surface area contributed by atoms with E-state index in [-0.39, 0.29) is 38.2 Å². The molecule has 208 valence electrons. The predicted octanol–water partition coefficient (Wildman–Crippen LogP) is 3.98. The molecule has 0 spiro atoms. The van der Waals surface area contributed by atoms with E-state index in [1.807, 2.05) is 43.3 Å². The summed E-state index contributed by atoms with van der Waals surface area (Å²) in [5.41, 5.74) is 2.67. The Bertz CT molecular complexity index is 1250. The number of Topliss-reactive ketones (excluding diaryl/α,β-unsaturated/α-hetero) is 2. The Morgan fingerprint density at radius 3 is 2.15 bits per heavy atom. The van der Waals surface area contributed by atoms with E-state index in [0.29, 0.717) is 28.3 Å². The zero-order valence-electron chi connectivity index (χ0n) is 21.4. The number of rotatable bonds is 13. The molecule has 0 heterocycles. The molecular weight excluding hydrogens is 547 g/mol. The quantitative estimate of drug-likeness (QED) is 0.117. The maximum absolute atomic E-state index is 12.3. The van der Waals surface area contributed by atoms with E-state index < -0.39 is 36.3 Å². The number of ether oxygens (including phenoxy) is 1. The molecule has 0 radical (unpaired) electrons. The van der Waals surface area contributed by atoms with Crippen molar-refractivity contribution < 1.29 is 37.9 Å². The Balaban J connectivity index is 1.34. The molecule has 0 saturated heterocycles. The van der Waals surface area contributed by atoms with Gasteiger partial charge in [0.25, 0.3) is 5.91 Å². The fourth-order valence-corrected chi connectivity index (χ4v) is 5.63. The summed E-state index contributed by atoms with van der Waals surface area (Å²) < 4.78 is 21.9. The maximum Gasteiger partial charge on any atom is 0.386 e. The van der Waals surface area contributed by atoms with E-state index in [1.54, 1.807) is 24.3 Å². The lowest BCUT2D eigenvalue weighted by molar-refractivity contribution is -0.157. The van der Waals surface area contributed by atoms with Crippen LogP contribution in [0.2, 0.25) is 0 Å². The van der Waals surface area contributed by atoms with Gasteiger partial charge in [0.1, 0.15) is 0 Å². The van der Waals surface area contributed by atoms with Gasteiger partial charge in [-0.05, 0) is 59.9 Å². The monoisotopic (exact) mass is 576 g/mol. The first-order valence-corrected chi connectivity index (χ1v) is 15.1. The number of ketones is 2. The van der Waals surface area contributed by atoms with Crippen LogP contribution in [0.15, 0.2) is 58.8 Å². The minimum atomic E-state index is -4.09. The van der Waals surface area contributed by atoms with E-state index in [2.05, 4.69) is 15.5 Å². The van der Waals surface area contributed by atoms with E-state index in [1.165, 1.54) is 0 Å². The number of amides is 1. The van der Waals surface area contributed by atoms with Crippen molar-refractivity contribution >= 4 is 58.7 Å². The Hall–Kier alpha value is -3.38. The van der Waals surface area contributed by atoms with Crippen LogP contribution >= 0.6 is 18.2 Å². The number of anilines is 1. The van der Waals surface area contributed by atoms with Gasteiger partial charge in [0.15, 0.2) is 11.6 Å². The summed E-state index contributed by atoms with van der Waals surface area (Å²) in [4.78, 5) is 59.0. The van der Waals surface area contributed by atoms with Gasteiger partial charge in [0.05, 0.1) is 24.4 Å².